The molecular formula is C22H28N2OS. The Balaban J connectivity index is 1.37. The van der Waals surface area contributed by atoms with Gasteiger partial charge in [-0.05, 0) is 61.7 Å². The lowest BCUT2D eigenvalue weighted by Gasteiger charge is -2.14. The van der Waals surface area contributed by atoms with Gasteiger partial charge in [-0.3, -0.25) is 9.69 Å². The standard InChI is InChI=1S/C22H28N2OS/c1-18-6-2-3-7-21(18)17-26-15-12-23-22(25)20-10-8-19(9-11-20)16-24-13-4-5-14-24/h2-3,6-11H,4-5,12-17H2,1H3,(H,23,25). The first kappa shape index (κ1) is 19.0. The van der Waals surface area contributed by atoms with Crippen LogP contribution in [0.2, 0.25) is 0 Å². The highest BCUT2D eigenvalue weighted by molar-refractivity contribution is 7.98. The number of benzene rings is 2. The highest BCUT2D eigenvalue weighted by atomic mass is 32.2. The van der Waals surface area contributed by atoms with Gasteiger partial charge in [-0.15, -0.1) is 0 Å². The summed E-state index contributed by atoms with van der Waals surface area (Å²) in [5, 5.41) is 3.02. The maximum Gasteiger partial charge on any atom is 0.251 e. The number of hydrogen-bond acceptors (Lipinski definition) is 3. The second-order valence-corrected chi connectivity index (χ2v) is 8.02. The lowest BCUT2D eigenvalue weighted by molar-refractivity contribution is 0.0956. The van der Waals surface area contributed by atoms with Crippen molar-refractivity contribution in [3.8, 4) is 0 Å². The van der Waals surface area contributed by atoms with Crippen molar-refractivity contribution in [3.05, 3.63) is 70.8 Å². The van der Waals surface area contributed by atoms with E-state index in [1.807, 2.05) is 23.9 Å². The summed E-state index contributed by atoms with van der Waals surface area (Å²) in [6, 6.07) is 16.5. The monoisotopic (exact) mass is 368 g/mol. The summed E-state index contributed by atoms with van der Waals surface area (Å²) < 4.78 is 0. The number of carbonyl (C=O) groups is 1. The number of aryl methyl sites for hydroxylation is 1. The number of likely N-dealkylation sites (tertiary alicyclic amines) is 1. The Morgan fingerprint density at radius 2 is 1.81 bits per heavy atom. The van der Waals surface area contributed by atoms with Crippen LogP contribution in [0.1, 0.15) is 39.9 Å². The Morgan fingerprint density at radius 1 is 1.08 bits per heavy atom. The molecule has 26 heavy (non-hydrogen) atoms. The number of rotatable bonds is 8. The Bertz CT molecular complexity index is 708. The molecule has 1 aliphatic rings. The van der Waals surface area contributed by atoms with Crippen LogP contribution in [0.4, 0.5) is 0 Å². The third-order valence-electron chi connectivity index (χ3n) is 4.87. The Kier molecular flexibility index (Phi) is 7.15. The first-order valence-corrected chi connectivity index (χ1v) is 10.6. The summed E-state index contributed by atoms with van der Waals surface area (Å²) in [5.74, 6) is 1.94. The molecule has 0 atom stereocenters. The van der Waals surface area contributed by atoms with Gasteiger partial charge in [-0.1, -0.05) is 36.4 Å². The van der Waals surface area contributed by atoms with Crippen LogP contribution in [0.3, 0.4) is 0 Å². The van der Waals surface area contributed by atoms with Crippen LogP contribution in [0.5, 0.6) is 0 Å². The molecule has 0 radical (unpaired) electrons. The highest BCUT2D eigenvalue weighted by Gasteiger charge is 2.12. The molecule has 2 aromatic carbocycles. The summed E-state index contributed by atoms with van der Waals surface area (Å²) in [6.07, 6.45) is 2.62. The molecule has 0 saturated carbocycles. The normalized spacial score (nSPS) is 14.5. The average molecular weight is 369 g/mol. The van der Waals surface area contributed by atoms with Crippen LogP contribution >= 0.6 is 11.8 Å². The lowest BCUT2D eigenvalue weighted by Crippen LogP contribution is -2.25. The number of amides is 1. The molecule has 3 rings (SSSR count). The number of nitrogens with zero attached hydrogens (tertiary/aromatic N) is 1. The molecule has 1 amide bonds. The molecule has 0 aliphatic carbocycles. The van der Waals surface area contributed by atoms with Gasteiger partial charge in [0.25, 0.3) is 5.91 Å². The minimum atomic E-state index is 0.0224. The van der Waals surface area contributed by atoms with Gasteiger partial charge in [0.2, 0.25) is 0 Å². The van der Waals surface area contributed by atoms with Crippen LogP contribution in [0, 0.1) is 6.92 Å². The second-order valence-electron chi connectivity index (χ2n) is 6.92. The first-order chi connectivity index (χ1) is 12.7. The van der Waals surface area contributed by atoms with E-state index in [4.69, 9.17) is 0 Å². The van der Waals surface area contributed by atoms with Crippen LogP contribution in [-0.2, 0) is 12.3 Å². The molecule has 138 valence electrons. The largest absolute Gasteiger partial charge is 0.351 e. The van der Waals surface area contributed by atoms with E-state index in [1.165, 1.54) is 42.6 Å². The summed E-state index contributed by atoms with van der Waals surface area (Å²) in [5.41, 5.74) is 4.74. The van der Waals surface area contributed by atoms with Gasteiger partial charge < -0.3 is 5.32 Å². The first-order valence-electron chi connectivity index (χ1n) is 9.44. The predicted octanol–water partition coefficient (Wildman–Crippen LogP) is 4.25. The van der Waals surface area contributed by atoms with E-state index < -0.39 is 0 Å². The molecule has 2 aromatic rings. The quantitative estimate of drug-likeness (QED) is 0.707. The fourth-order valence-electron chi connectivity index (χ4n) is 3.25. The second kappa shape index (κ2) is 9.79. The SMILES string of the molecule is Cc1ccccc1CSCCNC(=O)c1ccc(CN2CCCC2)cc1. The van der Waals surface area contributed by atoms with E-state index in [-0.39, 0.29) is 5.91 Å². The van der Waals surface area contributed by atoms with Gasteiger partial charge in [0, 0.05) is 30.2 Å². The molecule has 0 aromatic heterocycles. The fraction of sp³-hybridized carbons (Fsp3) is 0.409. The minimum absolute atomic E-state index is 0.0224. The zero-order valence-electron chi connectivity index (χ0n) is 15.5. The van der Waals surface area contributed by atoms with Crippen LogP contribution in [-0.4, -0.2) is 36.2 Å². The third-order valence-corrected chi connectivity index (χ3v) is 5.88. The van der Waals surface area contributed by atoms with Crippen molar-refractivity contribution in [2.75, 3.05) is 25.4 Å². The number of nitrogens with one attached hydrogen (secondary N) is 1. The predicted molar refractivity (Wildman–Crippen MR) is 111 cm³/mol. The summed E-state index contributed by atoms with van der Waals surface area (Å²) in [4.78, 5) is 14.7. The number of carbonyl (C=O) groups excluding carboxylic acids is 1. The maximum atomic E-state index is 12.3. The van der Waals surface area contributed by atoms with Crippen LogP contribution < -0.4 is 5.32 Å². The van der Waals surface area contributed by atoms with Gasteiger partial charge in [0.1, 0.15) is 0 Å². The molecule has 3 nitrogen and oxygen atoms in total. The lowest BCUT2D eigenvalue weighted by atomic mass is 10.1. The Morgan fingerprint density at radius 3 is 2.54 bits per heavy atom. The van der Waals surface area contributed by atoms with Crippen molar-refractivity contribution in [2.24, 2.45) is 0 Å². The zero-order chi connectivity index (χ0) is 18.2. The summed E-state index contributed by atoms with van der Waals surface area (Å²) in [7, 11) is 0. The third kappa shape index (κ3) is 5.61. The Labute approximate surface area is 161 Å². The smallest absolute Gasteiger partial charge is 0.251 e. The molecule has 0 bridgehead atoms. The van der Waals surface area contributed by atoms with Gasteiger partial charge in [-0.25, -0.2) is 0 Å². The van der Waals surface area contributed by atoms with Crippen molar-refractivity contribution >= 4 is 17.7 Å². The van der Waals surface area contributed by atoms with Gasteiger partial charge >= 0.3 is 0 Å². The molecule has 1 fully saturated rings. The van der Waals surface area contributed by atoms with Crippen molar-refractivity contribution in [1.82, 2.24) is 10.2 Å². The molecule has 1 N–H and O–H groups in total. The molecule has 1 saturated heterocycles. The number of thioether (sulfide) groups is 1. The van der Waals surface area contributed by atoms with E-state index >= 15 is 0 Å². The van der Waals surface area contributed by atoms with Gasteiger partial charge in [0.05, 0.1) is 0 Å². The van der Waals surface area contributed by atoms with Crippen molar-refractivity contribution in [1.29, 1.82) is 0 Å². The zero-order valence-corrected chi connectivity index (χ0v) is 16.4. The van der Waals surface area contributed by atoms with E-state index in [1.54, 1.807) is 0 Å². The van der Waals surface area contributed by atoms with Gasteiger partial charge in [-0.2, -0.15) is 11.8 Å². The number of hydrogen-bond donors (Lipinski definition) is 1. The fourth-order valence-corrected chi connectivity index (χ4v) is 4.19. The van der Waals surface area contributed by atoms with Gasteiger partial charge in [0.15, 0.2) is 0 Å². The van der Waals surface area contributed by atoms with Crippen molar-refractivity contribution in [2.45, 2.75) is 32.1 Å². The topological polar surface area (TPSA) is 32.3 Å². The van der Waals surface area contributed by atoms with E-state index in [0.717, 1.165) is 23.6 Å². The molecule has 0 unspecified atom stereocenters. The van der Waals surface area contributed by atoms with Crippen LogP contribution in [0.25, 0.3) is 0 Å². The molecule has 1 heterocycles. The van der Waals surface area contributed by atoms with E-state index in [2.05, 4.69) is 53.5 Å². The average Bonchev–Trinajstić information content (AvgIpc) is 3.16. The molecule has 4 heteroatoms. The maximum absolute atomic E-state index is 12.3. The van der Waals surface area contributed by atoms with Crippen molar-refractivity contribution in [3.63, 3.8) is 0 Å². The molecule has 0 spiro atoms. The Hall–Kier alpha value is -1.78. The minimum Gasteiger partial charge on any atom is -0.351 e. The van der Waals surface area contributed by atoms with Crippen LogP contribution in [0.15, 0.2) is 48.5 Å². The van der Waals surface area contributed by atoms with E-state index in [0.29, 0.717) is 6.54 Å². The van der Waals surface area contributed by atoms with Crippen molar-refractivity contribution < 1.29 is 4.79 Å². The summed E-state index contributed by atoms with van der Waals surface area (Å²) in [6.45, 7) is 6.23. The molecule has 1 aliphatic heterocycles. The summed E-state index contributed by atoms with van der Waals surface area (Å²) >= 11 is 1.86. The molecular weight excluding hydrogens is 340 g/mol. The van der Waals surface area contributed by atoms with E-state index in [9.17, 15) is 4.79 Å². The highest BCUT2D eigenvalue weighted by Crippen LogP contribution is 2.16.